The second-order valence-electron chi connectivity index (χ2n) is 9.31. The molecule has 0 spiro atoms. The van der Waals surface area contributed by atoms with Crippen LogP contribution in [0.15, 0.2) is 76.1 Å². The molecule has 7 nitrogen and oxygen atoms in total. The van der Waals surface area contributed by atoms with Crippen LogP contribution < -0.4 is 9.62 Å². The molecule has 3 rings (SSSR count). The first kappa shape index (κ1) is 29.4. The van der Waals surface area contributed by atoms with Crippen LogP contribution in [0.2, 0.25) is 0 Å². The number of amides is 2. The number of hydrogen-bond donors (Lipinski definition) is 1. The summed E-state index contributed by atoms with van der Waals surface area (Å²) in [6, 6.07) is 18.5. The Labute approximate surface area is 234 Å². The number of likely N-dealkylation sites (N-methyl/N-ethyl adjacent to an activating group) is 1. The number of nitrogens with zero attached hydrogens (tertiary/aromatic N) is 2. The second-order valence-corrected chi connectivity index (χ2v) is 12.1. The van der Waals surface area contributed by atoms with E-state index in [1.54, 1.807) is 50.2 Å². The molecule has 0 aliphatic heterocycles. The maximum atomic E-state index is 13.9. The maximum absolute atomic E-state index is 13.9. The van der Waals surface area contributed by atoms with Gasteiger partial charge in [-0.2, -0.15) is 0 Å². The topological polar surface area (TPSA) is 86.8 Å². The number of rotatable bonds is 10. The van der Waals surface area contributed by atoms with Crippen molar-refractivity contribution in [2.45, 2.75) is 52.1 Å². The number of nitrogens with one attached hydrogen (secondary N) is 1. The zero-order chi connectivity index (χ0) is 28.0. The van der Waals surface area contributed by atoms with Crippen molar-refractivity contribution in [1.82, 2.24) is 10.2 Å². The minimum atomic E-state index is -4.08. The zero-order valence-electron chi connectivity index (χ0n) is 22.4. The largest absolute Gasteiger partial charge is 0.355 e. The Morgan fingerprint density at radius 2 is 1.55 bits per heavy atom. The number of halogens is 1. The van der Waals surface area contributed by atoms with Gasteiger partial charge in [0.15, 0.2) is 0 Å². The van der Waals surface area contributed by atoms with E-state index in [2.05, 4.69) is 21.2 Å². The summed E-state index contributed by atoms with van der Waals surface area (Å²) in [4.78, 5) is 28.2. The Balaban J connectivity index is 2.05. The van der Waals surface area contributed by atoms with Gasteiger partial charge in [0.05, 0.1) is 10.6 Å². The molecule has 0 aromatic heterocycles. The molecule has 3 aromatic carbocycles. The summed E-state index contributed by atoms with van der Waals surface area (Å²) < 4.78 is 29.8. The van der Waals surface area contributed by atoms with Crippen molar-refractivity contribution in [2.75, 3.05) is 17.4 Å². The molecule has 0 fully saturated rings. The van der Waals surface area contributed by atoms with Crippen LogP contribution >= 0.6 is 15.9 Å². The quantitative estimate of drug-likeness (QED) is 0.350. The fourth-order valence-electron chi connectivity index (χ4n) is 3.94. The Kier molecular flexibility index (Phi) is 9.73. The van der Waals surface area contributed by atoms with Gasteiger partial charge < -0.3 is 10.2 Å². The van der Waals surface area contributed by atoms with E-state index in [0.717, 1.165) is 31.0 Å². The minimum absolute atomic E-state index is 0.0883. The molecule has 0 aliphatic carbocycles. The number of carbonyl (C=O) groups excluding carboxylic acids is 2. The monoisotopic (exact) mass is 599 g/mol. The van der Waals surface area contributed by atoms with Crippen LogP contribution in [0.4, 0.5) is 5.69 Å². The Hall–Kier alpha value is -3.17. The van der Waals surface area contributed by atoms with Crippen LogP contribution in [-0.4, -0.2) is 44.3 Å². The molecule has 3 aromatic rings. The fraction of sp³-hybridized carbons (Fsp3) is 0.310. The smallest absolute Gasteiger partial charge is 0.264 e. The Morgan fingerprint density at radius 1 is 0.921 bits per heavy atom. The molecule has 0 saturated heterocycles. The van der Waals surface area contributed by atoms with E-state index >= 15 is 0 Å². The molecular weight excluding hydrogens is 566 g/mol. The van der Waals surface area contributed by atoms with E-state index in [0.29, 0.717) is 12.2 Å². The highest BCUT2D eigenvalue weighted by molar-refractivity contribution is 9.10. The van der Waals surface area contributed by atoms with Gasteiger partial charge >= 0.3 is 0 Å². The lowest BCUT2D eigenvalue weighted by Crippen LogP contribution is -2.51. The van der Waals surface area contributed by atoms with Crippen LogP contribution in [0.5, 0.6) is 0 Å². The van der Waals surface area contributed by atoms with Gasteiger partial charge in [-0.25, -0.2) is 8.42 Å². The summed E-state index contributed by atoms with van der Waals surface area (Å²) in [6.45, 7) is 9.28. The van der Waals surface area contributed by atoms with Crippen LogP contribution in [0, 0.1) is 20.8 Å². The summed E-state index contributed by atoms with van der Waals surface area (Å²) >= 11 is 3.41. The molecule has 38 heavy (non-hydrogen) atoms. The Morgan fingerprint density at radius 3 is 2.13 bits per heavy atom. The molecule has 0 aliphatic rings. The van der Waals surface area contributed by atoms with E-state index in [9.17, 15) is 18.0 Å². The third-order valence-electron chi connectivity index (χ3n) is 6.45. The maximum Gasteiger partial charge on any atom is 0.264 e. The average Bonchev–Trinajstić information content (AvgIpc) is 2.88. The summed E-state index contributed by atoms with van der Waals surface area (Å²) in [5.74, 6) is -0.794. The lowest BCUT2D eigenvalue weighted by atomic mass is 10.1. The highest BCUT2D eigenvalue weighted by atomic mass is 79.9. The van der Waals surface area contributed by atoms with Crippen molar-refractivity contribution in [2.24, 2.45) is 0 Å². The number of benzene rings is 3. The number of anilines is 1. The van der Waals surface area contributed by atoms with Gasteiger partial charge in [0, 0.05) is 17.6 Å². The SMILES string of the molecule is CCNC(=O)[C@@H](C)N(Cc1ccc(Br)cc1)C(=O)CN(c1ccc(C)c(C)c1)S(=O)(=O)c1ccc(C)cc1. The molecule has 0 radical (unpaired) electrons. The highest BCUT2D eigenvalue weighted by Crippen LogP contribution is 2.27. The Bertz CT molecular complexity index is 1390. The normalized spacial score (nSPS) is 12.1. The van der Waals surface area contributed by atoms with Gasteiger partial charge in [0.1, 0.15) is 12.6 Å². The number of carbonyl (C=O) groups is 2. The predicted molar refractivity (Wildman–Crippen MR) is 154 cm³/mol. The average molecular weight is 601 g/mol. The summed E-state index contributed by atoms with van der Waals surface area (Å²) in [5, 5.41) is 2.76. The first-order chi connectivity index (χ1) is 17.9. The molecule has 1 N–H and O–H groups in total. The molecule has 9 heteroatoms. The molecule has 202 valence electrons. The number of sulfonamides is 1. The molecule has 0 heterocycles. The highest BCUT2D eigenvalue weighted by Gasteiger charge is 2.32. The van der Waals surface area contributed by atoms with Gasteiger partial charge in [-0.15, -0.1) is 0 Å². The molecular formula is C29H34BrN3O4S. The van der Waals surface area contributed by atoms with E-state index in [1.165, 1.54) is 4.90 Å². The van der Waals surface area contributed by atoms with E-state index in [1.807, 2.05) is 51.1 Å². The third kappa shape index (κ3) is 7.02. The summed E-state index contributed by atoms with van der Waals surface area (Å²) in [5.41, 5.74) is 4.04. The van der Waals surface area contributed by atoms with Gasteiger partial charge in [0.2, 0.25) is 11.8 Å². The van der Waals surface area contributed by atoms with E-state index < -0.39 is 28.5 Å². The lowest BCUT2D eigenvalue weighted by Gasteiger charge is -2.32. The predicted octanol–water partition coefficient (Wildman–Crippen LogP) is 5.12. The van der Waals surface area contributed by atoms with Crippen LogP contribution in [0.1, 0.15) is 36.1 Å². The zero-order valence-corrected chi connectivity index (χ0v) is 24.8. The molecule has 0 unspecified atom stereocenters. The molecule has 0 saturated carbocycles. The second kappa shape index (κ2) is 12.6. The van der Waals surface area contributed by atoms with Crippen molar-refractivity contribution in [3.63, 3.8) is 0 Å². The standard InChI is InChI=1S/C29H34BrN3O4S/c1-6-31-29(35)23(5)32(18-24-10-12-25(30)13-11-24)28(34)19-33(26-14-9-21(3)22(4)17-26)38(36,37)27-15-7-20(2)8-16-27/h7-17,23H,6,18-19H2,1-5H3,(H,31,35)/t23-/m1/s1. The first-order valence-corrected chi connectivity index (χ1v) is 14.7. The van der Waals surface area contributed by atoms with Gasteiger partial charge in [0.25, 0.3) is 10.0 Å². The molecule has 0 bridgehead atoms. The molecule has 1 atom stereocenters. The number of hydrogen-bond acceptors (Lipinski definition) is 4. The van der Waals surface area contributed by atoms with Gasteiger partial charge in [-0.1, -0.05) is 51.8 Å². The summed E-state index contributed by atoms with van der Waals surface area (Å²) in [7, 11) is -4.08. The van der Waals surface area contributed by atoms with Crippen molar-refractivity contribution in [1.29, 1.82) is 0 Å². The van der Waals surface area contributed by atoms with Gasteiger partial charge in [-0.3, -0.25) is 13.9 Å². The fourth-order valence-corrected chi connectivity index (χ4v) is 5.61. The van der Waals surface area contributed by atoms with Crippen molar-refractivity contribution in [3.05, 3.63) is 93.5 Å². The van der Waals surface area contributed by atoms with Crippen molar-refractivity contribution < 1.29 is 18.0 Å². The van der Waals surface area contributed by atoms with Crippen LogP contribution in [0.3, 0.4) is 0 Å². The number of aryl methyl sites for hydroxylation is 3. The summed E-state index contributed by atoms with van der Waals surface area (Å²) in [6.07, 6.45) is 0. The van der Waals surface area contributed by atoms with Crippen molar-refractivity contribution in [3.8, 4) is 0 Å². The van der Waals surface area contributed by atoms with Crippen LogP contribution in [0.25, 0.3) is 0 Å². The van der Waals surface area contributed by atoms with Gasteiger partial charge in [-0.05, 0) is 87.7 Å². The lowest BCUT2D eigenvalue weighted by molar-refractivity contribution is -0.139. The van der Waals surface area contributed by atoms with Crippen molar-refractivity contribution >= 4 is 43.5 Å². The third-order valence-corrected chi connectivity index (χ3v) is 8.77. The molecule has 2 amide bonds. The minimum Gasteiger partial charge on any atom is -0.355 e. The first-order valence-electron chi connectivity index (χ1n) is 12.4. The van der Waals surface area contributed by atoms with E-state index in [4.69, 9.17) is 0 Å². The van der Waals surface area contributed by atoms with Crippen LogP contribution in [-0.2, 0) is 26.2 Å². The van der Waals surface area contributed by atoms with E-state index in [-0.39, 0.29) is 17.3 Å².